The van der Waals surface area contributed by atoms with E-state index in [2.05, 4.69) is 5.32 Å². The van der Waals surface area contributed by atoms with Crippen LogP contribution in [-0.4, -0.2) is 15.9 Å². The zero-order valence-electron chi connectivity index (χ0n) is 11.2. The average Bonchev–Trinajstić information content (AvgIpc) is 2.43. The number of amides is 1. The first kappa shape index (κ1) is 14.3. The average molecular weight is 287 g/mol. The molecule has 0 saturated heterocycles. The number of non-ortho nitro benzene ring substituents is 1. The van der Waals surface area contributed by atoms with Crippen LogP contribution in [0.1, 0.15) is 15.9 Å². The molecule has 2 rings (SSSR count). The van der Waals surface area contributed by atoms with E-state index in [9.17, 15) is 20.0 Å². The molecule has 0 spiro atoms. The van der Waals surface area contributed by atoms with Crippen molar-refractivity contribution in [3.05, 3.63) is 57.6 Å². The molecule has 108 valence electrons. The summed E-state index contributed by atoms with van der Waals surface area (Å²) in [7, 11) is 0. The Morgan fingerprint density at radius 1 is 1.29 bits per heavy atom. The SMILES string of the molecule is Cc1ccc(N)c(C(=O)Nc2cc([N+](=O)[O-])ccc2O)c1. The van der Waals surface area contributed by atoms with Crippen LogP contribution in [0.2, 0.25) is 0 Å². The monoisotopic (exact) mass is 287 g/mol. The van der Waals surface area contributed by atoms with Gasteiger partial charge in [0.25, 0.3) is 11.6 Å². The van der Waals surface area contributed by atoms with Gasteiger partial charge in [-0.2, -0.15) is 0 Å². The standard InChI is InChI=1S/C14H13N3O4/c1-8-2-4-11(15)10(6-8)14(19)16-12-7-9(17(20)21)3-5-13(12)18/h2-7,18H,15H2,1H3,(H,16,19). The number of hydrogen-bond donors (Lipinski definition) is 3. The summed E-state index contributed by atoms with van der Waals surface area (Å²) in [4.78, 5) is 22.2. The van der Waals surface area contributed by atoms with Crippen molar-refractivity contribution in [2.75, 3.05) is 11.1 Å². The van der Waals surface area contributed by atoms with Crippen molar-refractivity contribution in [1.29, 1.82) is 0 Å². The zero-order valence-corrected chi connectivity index (χ0v) is 11.2. The van der Waals surface area contributed by atoms with Crippen molar-refractivity contribution in [3.8, 4) is 5.75 Å². The Kier molecular flexibility index (Phi) is 3.75. The lowest BCUT2D eigenvalue weighted by Crippen LogP contribution is -2.14. The van der Waals surface area contributed by atoms with E-state index in [0.29, 0.717) is 0 Å². The molecule has 0 aromatic heterocycles. The Morgan fingerprint density at radius 2 is 2.00 bits per heavy atom. The third-order valence-electron chi connectivity index (χ3n) is 2.89. The summed E-state index contributed by atoms with van der Waals surface area (Å²) in [6, 6.07) is 8.33. The fraction of sp³-hybridized carbons (Fsp3) is 0.0714. The first-order valence-electron chi connectivity index (χ1n) is 6.03. The molecule has 0 aliphatic rings. The number of aromatic hydroxyl groups is 1. The second kappa shape index (κ2) is 5.49. The summed E-state index contributed by atoms with van der Waals surface area (Å²) in [5, 5.41) is 22.8. The van der Waals surface area contributed by atoms with Gasteiger partial charge in [0.1, 0.15) is 5.75 Å². The summed E-state index contributed by atoms with van der Waals surface area (Å²) in [6.07, 6.45) is 0. The van der Waals surface area contributed by atoms with E-state index < -0.39 is 10.8 Å². The molecule has 2 aromatic rings. The molecule has 0 radical (unpaired) electrons. The van der Waals surface area contributed by atoms with E-state index in [1.54, 1.807) is 25.1 Å². The maximum atomic E-state index is 12.1. The third kappa shape index (κ3) is 3.08. The third-order valence-corrected chi connectivity index (χ3v) is 2.89. The molecule has 0 atom stereocenters. The number of anilines is 2. The molecule has 7 nitrogen and oxygen atoms in total. The molecule has 0 bridgehead atoms. The molecule has 1 amide bonds. The Labute approximate surface area is 120 Å². The first-order valence-corrected chi connectivity index (χ1v) is 6.03. The number of nitrogens with zero attached hydrogens (tertiary/aromatic N) is 1. The second-order valence-electron chi connectivity index (χ2n) is 4.50. The molecule has 0 aliphatic heterocycles. The van der Waals surface area contributed by atoms with Crippen LogP contribution >= 0.6 is 0 Å². The van der Waals surface area contributed by atoms with Crippen LogP contribution in [0.15, 0.2) is 36.4 Å². The van der Waals surface area contributed by atoms with E-state index in [-0.39, 0.29) is 28.4 Å². The number of benzene rings is 2. The smallest absolute Gasteiger partial charge is 0.271 e. The number of nitro benzene ring substituents is 1. The molecule has 0 fully saturated rings. The van der Waals surface area contributed by atoms with E-state index in [1.165, 1.54) is 0 Å². The molecule has 0 aliphatic carbocycles. The van der Waals surface area contributed by atoms with Crippen LogP contribution in [-0.2, 0) is 0 Å². The van der Waals surface area contributed by atoms with Crippen LogP contribution < -0.4 is 11.1 Å². The molecule has 21 heavy (non-hydrogen) atoms. The van der Waals surface area contributed by atoms with Crippen molar-refractivity contribution in [3.63, 3.8) is 0 Å². The highest BCUT2D eigenvalue weighted by atomic mass is 16.6. The molecule has 2 aromatic carbocycles. The number of nitrogens with one attached hydrogen (secondary N) is 1. The minimum Gasteiger partial charge on any atom is -0.506 e. The molecule has 0 heterocycles. The Balaban J connectivity index is 2.33. The summed E-state index contributed by atoms with van der Waals surface area (Å²) in [6.45, 7) is 1.81. The predicted molar refractivity (Wildman–Crippen MR) is 78.3 cm³/mol. The van der Waals surface area contributed by atoms with Crippen molar-refractivity contribution in [1.82, 2.24) is 0 Å². The van der Waals surface area contributed by atoms with Gasteiger partial charge in [-0.05, 0) is 25.1 Å². The van der Waals surface area contributed by atoms with E-state index in [4.69, 9.17) is 5.73 Å². The van der Waals surface area contributed by atoms with Gasteiger partial charge in [0.05, 0.1) is 16.2 Å². The lowest BCUT2D eigenvalue weighted by atomic mass is 10.1. The number of nitro groups is 1. The summed E-state index contributed by atoms with van der Waals surface area (Å²) in [5.74, 6) is -0.813. The van der Waals surface area contributed by atoms with E-state index >= 15 is 0 Å². The Morgan fingerprint density at radius 3 is 2.67 bits per heavy atom. The highest BCUT2D eigenvalue weighted by Gasteiger charge is 2.15. The minimum atomic E-state index is -0.615. The van der Waals surface area contributed by atoms with Crippen molar-refractivity contribution in [2.45, 2.75) is 6.92 Å². The number of hydrogen-bond acceptors (Lipinski definition) is 5. The second-order valence-corrected chi connectivity index (χ2v) is 4.50. The fourth-order valence-electron chi connectivity index (χ4n) is 1.79. The molecule has 0 unspecified atom stereocenters. The number of phenols is 1. The maximum Gasteiger partial charge on any atom is 0.271 e. The van der Waals surface area contributed by atoms with Crippen LogP contribution in [0.3, 0.4) is 0 Å². The van der Waals surface area contributed by atoms with Gasteiger partial charge in [-0.3, -0.25) is 14.9 Å². The van der Waals surface area contributed by atoms with Gasteiger partial charge in [-0.15, -0.1) is 0 Å². The number of carbonyl (C=O) groups is 1. The maximum absolute atomic E-state index is 12.1. The van der Waals surface area contributed by atoms with Crippen LogP contribution in [0, 0.1) is 17.0 Å². The lowest BCUT2D eigenvalue weighted by Gasteiger charge is -2.09. The molecular formula is C14H13N3O4. The predicted octanol–water partition coefficient (Wildman–Crippen LogP) is 2.44. The molecular weight excluding hydrogens is 274 g/mol. The normalized spacial score (nSPS) is 10.1. The number of carbonyl (C=O) groups excluding carboxylic acids is 1. The first-order chi connectivity index (χ1) is 9.88. The number of nitrogen functional groups attached to an aromatic ring is 1. The van der Waals surface area contributed by atoms with Gasteiger partial charge in [0.2, 0.25) is 0 Å². The lowest BCUT2D eigenvalue weighted by molar-refractivity contribution is -0.384. The highest BCUT2D eigenvalue weighted by Crippen LogP contribution is 2.28. The van der Waals surface area contributed by atoms with Gasteiger partial charge < -0.3 is 16.2 Å². The highest BCUT2D eigenvalue weighted by molar-refractivity contribution is 6.08. The Bertz CT molecular complexity index is 728. The van der Waals surface area contributed by atoms with Gasteiger partial charge in [-0.25, -0.2) is 0 Å². The summed E-state index contributed by atoms with van der Waals surface area (Å²) < 4.78 is 0. The quantitative estimate of drug-likeness (QED) is 0.347. The van der Waals surface area contributed by atoms with Crippen LogP contribution in [0.25, 0.3) is 0 Å². The van der Waals surface area contributed by atoms with E-state index in [1.807, 2.05) is 0 Å². The molecule has 4 N–H and O–H groups in total. The van der Waals surface area contributed by atoms with E-state index in [0.717, 1.165) is 23.8 Å². The Hall–Kier alpha value is -3.09. The fourth-order valence-corrected chi connectivity index (χ4v) is 1.79. The van der Waals surface area contributed by atoms with Gasteiger partial charge in [0.15, 0.2) is 0 Å². The number of aryl methyl sites for hydroxylation is 1. The number of phenolic OH excluding ortho intramolecular Hbond substituents is 1. The van der Waals surface area contributed by atoms with Gasteiger partial charge in [0, 0.05) is 17.8 Å². The van der Waals surface area contributed by atoms with Crippen LogP contribution in [0.4, 0.5) is 17.1 Å². The zero-order chi connectivity index (χ0) is 15.6. The largest absolute Gasteiger partial charge is 0.506 e. The van der Waals surface area contributed by atoms with Crippen LogP contribution in [0.5, 0.6) is 5.75 Å². The van der Waals surface area contributed by atoms with Crippen molar-refractivity contribution < 1.29 is 14.8 Å². The van der Waals surface area contributed by atoms with Crippen molar-refractivity contribution >= 4 is 23.0 Å². The van der Waals surface area contributed by atoms with Gasteiger partial charge >= 0.3 is 0 Å². The minimum absolute atomic E-state index is 0.0462. The molecule has 7 heteroatoms. The summed E-state index contributed by atoms with van der Waals surface area (Å²) in [5.41, 5.74) is 6.81. The number of nitrogens with two attached hydrogens (primary N) is 1. The topological polar surface area (TPSA) is 118 Å². The van der Waals surface area contributed by atoms with Crippen molar-refractivity contribution in [2.24, 2.45) is 0 Å². The molecule has 0 saturated carbocycles. The summed E-state index contributed by atoms with van der Waals surface area (Å²) >= 11 is 0. The number of rotatable bonds is 3. The van der Waals surface area contributed by atoms with Gasteiger partial charge in [-0.1, -0.05) is 11.6 Å².